The smallest absolute Gasteiger partial charge is 0.274 e. The molecule has 0 unspecified atom stereocenters. The van der Waals surface area contributed by atoms with Gasteiger partial charge in [-0.25, -0.2) is 0 Å². The highest BCUT2D eigenvalue weighted by Crippen LogP contribution is 2.36. The quantitative estimate of drug-likeness (QED) is 0.680. The molecule has 136 valence electrons. The molecular weight excluding hydrogens is 344 g/mol. The van der Waals surface area contributed by atoms with Crippen LogP contribution in [0.3, 0.4) is 0 Å². The SMILES string of the molecule is Cn1cc(C(=O)N2[C@H]3Cc4ccccc4[C@@H]2CNC3=O)c2cc[nH]c2c1=O. The van der Waals surface area contributed by atoms with E-state index in [1.165, 1.54) is 4.57 Å². The highest BCUT2D eigenvalue weighted by Gasteiger charge is 2.44. The van der Waals surface area contributed by atoms with Crippen LogP contribution in [0.2, 0.25) is 0 Å². The van der Waals surface area contributed by atoms with Crippen molar-refractivity contribution in [1.29, 1.82) is 0 Å². The van der Waals surface area contributed by atoms with E-state index in [0.29, 0.717) is 29.4 Å². The lowest BCUT2D eigenvalue weighted by atomic mass is 9.85. The number of H-pyrrole nitrogens is 1. The van der Waals surface area contributed by atoms with Gasteiger partial charge in [-0.3, -0.25) is 14.4 Å². The lowest BCUT2D eigenvalue weighted by Gasteiger charge is -2.46. The first-order valence-electron chi connectivity index (χ1n) is 8.91. The van der Waals surface area contributed by atoms with E-state index in [0.717, 1.165) is 11.1 Å². The van der Waals surface area contributed by atoms with Crippen LogP contribution in [-0.4, -0.2) is 38.9 Å². The molecule has 4 heterocycles. The lowest BCUT2D eigenvalue weighted by Crippen LogP contribution is -2.61. The first kappa shape index (κ1) is 15.9. The maximum atomic E-state index is 13.6. The third-order valence-electron chi connectivity index (χ3n) is 5.63. The minimum absolute atomic E-state index is 0.135. The van der Waals surface area contributed by atoms with Crippen molar-refractivity contribution in [1.82, 2.24) is 19.8 Å². The molecule has 0 saturated carbocycles. The number of nitrogens with one attached hydrogen (secondary N) is 2. The number of carbonyl (C=O) groups is 2. The Morgan fingerprint density at radius 2 is 1.96 bits per heavy atom. The lowest BCUT2D eigenvalue weighted by molar-refractivity contribution is -0.130. The summed E-state index contributed by atoms with van der Waals surface area (Å²) in [4.78, 5) is 43.0. The fraction of sp³-hybridized carbons (Fsp3) is 0.250. The third-order valence-corrected chi connectivity index (χ3v) is 5.63. The monoisotopic (exact) mass is 362 g/mol. The summed E-state index contributed by atoms with van der Waals surface area (Å²) in [5, 5.41) is 3.50. The van der Waals surface area contributed by atoms with E-state index in [4.69, 9.17) is 0 Å². The minimum Gasteiger partial charge on any atom is -0.357 e. The average molecular weight is 362 g/mol. The van der Waals surface area contributed by atoms with E-state index < -0.39 is 6.04 Å². The summed E-state index contributed by atoms with van der Waals surface area (Å²) in [5.74, 6) is -0.362. The van der Waals surface area contributed by atoms with Gasteiger partial charge in [0.2, 0.25) is 5.91 Å². The van der Waals surface area contributed by atoms with Gasteiger partial charge < -0.3 is 19.8 Å². The molecule has 0 aliphatic carbocycles. The molecule has 2 aliphatic heterocycles. The van der Waals surface area contributed by atoms with Gasteiger partial charge in [0, 0.05) is 37.8 Å². The molecule has 7 nitrogen and oxygen atoms in total. The molecule has 2 aliphatic rings. The van der Waals surface area contributed by atoms with Gasteiger partial charge in [0.15, 0.2) is 0 Å². The van der Waals surface area contributed by atoms with Crippen LogP contribution in [0.1, 0.15) is 27.5 Å². The van der Waals surface area contributed by atoms with Crippen LogP contribution in [0.15, 0.2) is 47.5 Å². The summed E-state index contributed by atoms with van der Waals surface area (Å²) in [5.41, 5.74) is 2.82. The third kappa shape index (κ3) is 2.17. The number of aryl methyl sites for hydroxylation is 1. The molecule has 2 atom stereocenters. The Balaban J connectivity index is 1.68. The van der Waals surface area contributed by atoms with Crippen LogP contribution in [0.5, 0.6) is 0 Å². The summed E-state index contributed by atoms with van der Waals surface area (Å²) >= 11 is 0. The molecule has 7 heteroatoms. The Labute approximate surface area is 154 Å². The van der Waals surface area contributed by atoms with E-state index >= 15 is 0 Å². The van der Waals surface area contributed by atoms with Crippen molar-refractivity contribution in [3.8, 4) is 0 Å². The van der Waals surface area contributed by atoms with E-state index in [2.05, 4.69) is 10.3 Å². The van der Waals surface area contributed by atoms with Gasteiger partial charge in [0.25, 0.3) is 11.5 Å². The number of aromatic amines is 1. The first-order chi connectivity index (χ1) is 13.1. The van der Waals surface area contributed by atoms with Crippen LogP contribution < -0.4 is 10.9 Å². The number of pyridine rings is 1. The van der Waals surface area contributed by atoms with Crippen LogP contribution in [0.4, 0.5) is 0 Å². The van der Waals surface area contributed by atoms with Gasteiger partial charge in [0.1, 0.15) is 11.6 Å². The molecule has 2 N–H and O–H groups in total. The number of carbonyl (C=O) groups excluding carboxylic acids is 2. The summed E-state index contributed by atoms with van der Waals surface area (Å²) in [6.45, 7) is 0.389. The number of rotatable bonds is 1. The summed E-state index contributed by atoms with van der Waals surface area (Å²) in [6, 6.07) is 8.92. The maximum Gasteiger partial charge on any atom is 0.274 e. The van der Waals surface area contributed by atoms with E-state index in [-0.39, 0.29) is 23.4 Å². The first-order valence-corrected chi connectivity index (χ1v) is 8.91. The zero-order chi connectivity index (χ0) is 18.7. The van der Waals surface area contributed by atoms with Gasteiger partial charge in [-0.15, -0.1) is 0 Å². The Hall–Kier alpha value is -3.35. The summed E-state index contributed by atoms with van der Waals surface area (Å²) in [6.07, 6.45) is 3.71. The number of amides is 2. The molecule has 0 radical (unpaired) electrons. The fourth-order valence-corrected chi connectivity index (χ4v) is 4.32. The summed E-state index contributed by atoms with van der Waals surface area (Å²) < 4.78 is 1.40. The molecule has 1 saturated heterocycles. The zero-order valence-electron chi connectivity index (χ0n) is 14.7. The molecule has 1 fully saturated rings. The molecule has 2 amide bonds. The van der Waals surface area contributed by atoms with E-state index in [1.807, 2.05) is 24.3 Å². The molecule has 2 aromatic heterocycles. The minimum atomic E-state index is -0.544. The standard InChI is InChI=1S/C20H18N4O3/c1-23-10-14(13-6-7-21-17(13)20(23)27)19(26)24-15-8-11-4-2-3-5-12(11)16(24)9-22-18(15)25/h2-7,10,15-16,21H,8-9H2,1H3,(H,22,25)/t15-,16-/m0/s1. The molecular formula is C20H18N4O3. The van der Waals surface area contributed by atoms with Gasteiger partial charge >= 0.3 is 0 Å². The largest absolute Gasteiger partial charge is 0.357 e. The molecule has 2 bridgehead atoms. The van der Waals surface area contributed by atoms with Gasteiger partial charge in [-0.1, -0.05) is 24.3 Å². The Bertz CT molecular complexity index is 1160. The number of fused-ring (bicyclic) bond motifs is 5. The van der Waals surface area contributed by atoms with Gasteiger partial charge in [0.05, 0.1) is 11.6 Å². The predicted molar refractivity (Wildman–Crippen MR) is 99.4 cm³/mol. The Kier molecular flexibility index (Phi) is 3.28. The average Bonchev–Trinajstić information content (AvgIpc) is 3.16. The molecule has 1 aromatic carbocycles. The van der Waals surface area contributed by atoms with Crippen molar-refractivity contribution in [3.63, 3.8) is 0 Å². The molecule has 0 spiro atoms. The van der Waals surface area contributed by atoms with Crippen LogP contribution in [-0.2, 0) is 18.3 Å². The van der Waals surface area contributed by atoms with Gasteiger partial charge in [-0.2, -0.15) is 0 Å². The number of aromatic nitrogens is 2. The number of piperazine rings is 1. The number of hydrogen-bond acceptors (Lipinski definition) is 3. The van der Waals surface area contributed by atoms with E-state index in [9.17, 15) is 14.4 Å². The van der Waals surface area contributed by atoms with Crippen LogP contribution in [0, 0.1) is 0 Å². The van der Waals surface area contributed by atoms with Gasteiger partial charge in [-0.05, 0) is 17.2 Å². The highest BCUT2D eigenvalue weighted by atomic mass is 16.2. The molecule has 27 heavy (non-hydrogen) atoms. The number of nitrogens with zero attached hydrogens (tertiary/aromatic N) is 2. The Morgan fingerprint density at radius 1 is 1.15 bits per heavy atom. The van der Waals surface area contributed by atoms with E-state index in [1.54, 1.807) is 30.4 Å². The fourth-order valence-electron chi connectivity index (χ4n) is 4.32. The number of hydrogen-bond donors (Lipinski definition) is 2. The van der Waals surface area contributed by atoms with Crippen LogP contribution >= 0.6 is 0 Å². The Morgan fingerprint density at radius 3 is 2.81 bits per heavy atom. The topological polar surface area (TPSA) is 87.2 Å². The van der Waals surface area contributed by atoms with Crippen molar-refractivity contribution >= 4 is 22.7 Å². The second-order valence-corrected chi connectivity index (χ2v) is 7.12. The molecule has 3 aromatic rings. The second-order valence-electron chi connectivity index (χ2n) is 7.12. The van der Waals surface area contributed by atoms with Crippen molar-refractivity contribution in [2.75, 3.05) is 6.54 Å². The van der Waals surface area contributed by atoms with Crippen molar-refractivity contribution in [2.45, 2.75) is 18.5 Å². The maximum absolute atomic E-state index is 13.6. The highest BCUT2D eigenvalue weighted by molar-refractivity contribution is 6.07. The van der Waals surface area contributed by atoms with Crippen LogP contribution in [0.25, 0.3) is 10.9 Å². The number of benzene rings is 1. The predicted octanol–water partition coefficient (Wildman–Crippen LogP) is 1.10. The van der Waals surface area contributed by atoms with Crippen molar-refractivity contribution < 1.29 is 9.59 Å². The van der Waals surface area contributed by atoms with Crippen molar-refractivity contribution in [3.05, 3.63) is 69.8 Å². The zero-order valence-corrected chi connectivity index (χ0v) is 14.7. The summed E-state index contributed by atoms with van der Waals surface area (Å²) in [7, 11) is 1.62. The molecule has 5 rings (SSSR count). The van der Waals surface area contributed by atoms with Crippen molar-refractivity contribution in [2.24, 2.45) is 7.05 Å². The normalized spacial score (nSPS) is 21.1. The second kappa shape index (κ2) is 5.57.